The Kier molecular flexibility index (Phi) is 5.13. The van der Waals surface area contributed by atoms with E-state index in [1.807, 2.05) is 20.8 Å². The number of nitrogens with two attached hydrogens (primary N) is 1. The minimum atomic E-state index is -0.280. The number of nitrogens with zero attached hydrogens (tertiary/aromatic N) is 1. The van der Waals surface area contributed by atoms with E-state index in [1.54, 1.807) is 0 Å². The van der Waals surface area contributed by atoms with Crippen molar-refractivity contribution >= 4 is 5.91 Å². The summed E-state index contributed by atoms with van der Waals surface area (Å²) >= 11 is 0. The van der Waals surface area contributed by atoms with Gasteiger partial charge in [0, 0.05) is 12.3 Å². The average molecular weight is 182 g/mol. The molecule has 3 nitrogen and oxygen atoms in total. The summed E-state index contributed by atoms with van der Waals surface area (Å²) in [5.74, 6) is -0.111. The maximum absolute atomic E-state index is 11.1. The average Bonchev–Trinajstić information content (AvgIpc) is 2.02. The largest absolute Gasteiger partial charge is 0.369 e. The minimum absolute atomic E-state index is 0.113. The highest BCUT2D eigenvalue weighted by Crippen LogP contribution is 2.25. The molecule has 0 rings (SSSR count). The van der Waals surface area contributed by atoms with Crippen LogP contribution in [0.2, 0.25) is 0 Å². The van der Waals surface area contributed by atoms with Crippen LogP contribution in [0.4, 0.5) is 0 Å². The standard InChI is InChI=1S/C10H18N2O/c1-4-8(5-6-11)9(7(2)3)10(12)13/h7-9H,4-5H2,1-3H3,(H2,12,13)/t8-,9?/m0/s1. The van der Waals surface area contributed by atoms with Gasteiger partial charge in [-0.2, -0.15) is 5.26 Å². The van der Waals surface area contributed by atoms with Crippen LogP contribution in [0.25, 0.3) is 0 Å². The molecule has 0 fully saturated rings. The molecule has 2 atom stereocenters. The lowest BCUT2D eigenvalue weighted by atomic mass is 9.80. The second kappa shape index (κ2) is 5.58. The topological polar surface area (TPSA) is 66.9 Å². The van der Waals surface area contributed by atoms with Crippen LogP contribution in [0, 0.1) is 29.1 Å². The molecule has 0 spiro atoms. The Bertz CT molecular complexity index is 205. The van der Waals surface area contributed by atoms with Gasteiger partial charge in [0.05, 0.1) is 6.07 Å². The third-order valence-corrected chi connectivity index (χ3v) is 2.43. The van der Waals surface area contributed by atoms with Crippen molar-refractivity contribution in [2.45, 2.75) is 33.6 Å². The summed E-state index contributed by atoms with van der Waals surface area (Å²) in [6.07, 6.45) is 1.25. The van der Waals surface area contributed by atoms with Crippen LogP contribution in [0.5, 0.6) is 0 Å². The molecule has 74 valence electrons. The molecular formula is C10H18N2O. The minimum Gasteiger partial charge on any atom is -0.369 e. The van der Waals surface area contributed by atoms with Gasteiger partial charge in [-0.25, -0.2) is 0 Å². The summed E-state index contributed by atoms with van der Waals surface area (Å²) in [4.78, 5) is 11.1. The summed E-state index contributed by atoms with van der Waals surface area (Å²) in [5, 5.41) is 8.58. The fraction of sp³-hybridized carbons (Fsp3) is 0.800. The van der Waals surface area contributed by atoms with Gasteiger partial charge in [0.1, 0.15) is 0 Å². The molecule has 1 amide bonds. The number of nitriles is 1. The van der Waals surface area contributed by atoms with Crippen molar-refractivity contribution in [2.24, 2.45) is 23.5 Å². The summed E-state index contributed by atoms with van der Waals surface area (Å²) in [7, 11) is 0. The van der Waals surface area contributed by atoms with Gasteiger partial charge in [0.25, 0.3) is 0 Å². The lowest BCUT2D eigenvalue weighted by Crippen LogP contribution is -2.33. The summed E-state index contributed by atoms with van der Waals surface area (Å²) < 4.78 is 0. The van der Waals surface area contributed by atoms with Crippen molar-refractivity contribution < 1.29 is 4.79 Å². The highest BCUT2D eigenvalue weighted by Gasteiger charge is 2.27. The summed E-state index contributed by atoms with van der Waals surface area (Å²) in [6.45, 7) is 5.92. The van der Waals surface area contributed by atoms with Crippen LogP contribution >= 0.6 is 0 Å². The molecule has 0 aliphatic heterocycles. The SMILES string of the molecule is CC[C@@H](CC#N)C(C(N)=O)C(C)C. The summed E-state index contributed by atoms with van der Waals surface area (Å²) in [5.41, 5.74) is 5.30. The fourth-order valence-corrected chi connectivity index (χ4v) is 1.75. The Morgan fingerprint density at radius 2 is 2.08 bits per heavy atom. The molecule has 2 N–H and O–H groups in total. The highest BCUT2D eigenvalue weighted by molar-refractivity contribution is 5.77. The molecule has 0 bridgehead atoms. The first kappa shape index (κ1) is 12.0. The van der Waals surface area contributed by atoms with Crippen molar-refractivity contribution in [3.8, 4) is 6.07 Å². The number of primary amides is 1. The second-order valence-corrected chi connectivity index (χ2v) is 3.70. The zero-order valence-electron chi connectivity index (χ0n) is 8.58. The van der Waals surface area contributed by atoms with E-state index in [1.165, 1.54) is 0 Å². The molecule has 1 unspecified atom stereocenters. The zero-order valence-corrected chi connectivity index (χ0v) is 8.58. The predicted molar refractivity (Wildman–Crippen MR) is 51.5 cm³/mol. The molecule has 0 aromatic rings. The van der Waals surface area contributed by atoms with Crippen molar-refractivity contribution in [1.29, 1.82) is 5.26 Å². The molecule has 0 saturated carbocycles. The van der Waals surface area contributed by atoms with Crippen molar-refractivity contribution in [3.63, 3.8) is 0 Å². The molecule has 0 aromatic carbocycles. The van der Waals surface area contributed by atoms with Gasteiger partial charge in [-0.1, -0.05) is 27.2 Å². The van der Waals surface area contributed by atoms with Gasteiger partial charge in [-0.3, -0.25) is 4.79 Å². The number of carbonyl (C=O) groups excluding carboxylic acids is 1. The van der Waals surface area contributed by atoms with E-state index < -0.39 is 0 Å². The molecule has 0 aliphatic rings. The van der Waals surface area contributed by atoms with Gasteiger partial charge in [0.2, 0.25) is 5.91 Å². The van der Waals surface area contributed by atoms with Gasteiger partial charge in [-0.05, 0) is 11.8 Å². The Hall–Kier alpha value is -1.04. The van der Waals surface area contributed by atoms with E-state index in [9.17, 15) is 4.79 Å². The van der Waals surface area contributed by atoms with Crippen LogP contribution in [-0.2, 0) is 4.79 Å². The normalized spacial score (nSPS) is 15.0. The van der Waals surface area contributed by atoms with E-state index in [-0.39, 0.29) is 23.7 Å². The van der Waals surface area contributed by atoms with Crippen LogP contribution in [-0.4, -0.2) is 5.91 Å². The number of rotatable bonds is 5. The van der Waals surface area contributed by atoms with Crippen LogP contribution < -0.4 is 5.73 Å². The third kappa shape index (κ3) is 3.45. The number of hydrogen-bond acceptors (Lipinski definition) is 2. The highest BCUT2D eigenvalue weighted by atomic mass is 16.1. The van der Waals surface area contributed by atoms with Gasteiger partial charge >= 0.3 is 0 Å². The Labute approximate surface area is 79.9 Å². The van der Waals surface area contributed by atoms with Crippen molar-refractivity contribution in [3.05, 3.63) is 0 Å². The molecule has 0 radical (unpaired) electrons. The molecule has 0 saturated heterocycles. The number of hydrogen-bond donors (Lipinski definition) is 1. The fourth-order valence-electron chi connectivity index (χ4n) is 1.75. The first-order valence-corrected chi connectivity index (χ1v) is 4.70. The number of carbonyl (C=O) groups is 1. The molecule has 13 heavy (non-hydrogen) atoms. The van der Waals surface area contributed by atoms with Gasteiger partial charge < -0.3 is 5.73 Å². The third-order valence-electron chi connectivity index (χ3n) is 2.43. The first-order chi connectivity index (χ1) is 6.04. The molecular weight excluding hydrogens is 164 g/mol. The second-order valence-electron chi connectivity index (χ2n) is 3.70. The molecule has 0 aromatic heterocycles. The van der Waals surface area contributed by atoms with E-state index in [0.29, 0.717) is 6.42 Å². The van der Waals surface area contributed by atoms with Crippen molar-refractivity contribution in [1.82, 2.24) is 0 Å². The monoisotopic (exact) mass is 182 g/mol. The van der Waals surface area contributed by atoms with E-state index in [0.717, 1.165) is 6.42 Å². The van der Waals surface area contributed by atoms with Crippen LogP contribution in [0.15, 0.2) is 0 Å². The molecule has 0 aliphatic carbocycles. The van der Waals surface area contributed by atoms with Gasteiger partial charge in [-0.15, -0.1) is 0 Å². The lowest BCUT2D eigenvalue weighted by Gasteiger charge is -2.24. The Morgan fingerprint density at radius 3 is 2.31 bits per heavy atom. The quantitative estimate of drug-likeness (QED) is 0.703. The first-order valence-electron chi connectivity index (χ1n) is 4.70. The van der Waals surface area contributed by atoms with Gasteiger partial charge in [0.15, 0.2) is 0 Å². The summed E-state index contributed by atoms with van der Waals surface area (Å²) in [6, 6.07) is 2.10. The Morgan fingerprint density at radius 1 is 1.54 bits per heavy atom. The van der Waals surface area contributed by atoms with Crippen LogP contribution in [0.1, 0.15) is 33.6 Å². The molecule has 3 heteroatoms. The predicted octanol–water partition coefficient (Wildman–Crippen LogP) is 1.68. The Balaban J connectivity index is 4.50. The maximum atomic E-state index is 11.1. The van der Waals surface area contributed by atoms with E-state index >= 15 is 0 Å². The van der Waals surface area contributed by atoms with E-state index in [2.05, 4.69) is 6.07 Å². The zero-order chi connectivity index (χ0) is 10.4. The van der Waals surface area contributed by atoms with Crippen LogP contribution in [0.3, 0.4) is 0 Å². The number of amides is 1. The maximum Gasteiger partial charge on any atom is 0.221 e. The van der Waals surface area contributed by atoms with E-state index in [4.69, 9.17) is 11.0 Å². The molecule has 0 heterocycles. The lowest BCUT2D eigenvalue weighted by molar-refractivity contribution is -0.125. The van der Waals surface area contributed by atoms with Crippen molar-refractivity contribution in [2.75, 3.05) is 0 Å². The smallest absolute Gasteiger partial charge is 0.221 e.